The Morgan fingerprint density at radius 1 is 1.24 bits per heavy atom. The van der Waals surface area contributed by atoms with E-state index in [1.54, 1.807) is 12.1 Å². The van der Waals surface area contributed by atoms with Gasteiger partial charge < -0.3 is 10.1 Å². The Morgan fingerprint density at radius 2 is 2.00 bits per heavy atom. The molecule has 0 aliphatic carbocycles. The molecule has 2 aromatic carbocycles. The van der Waals surface area contributed by atoms with E-state index in [0.717, 1.165) is 24.2 Å². The van der Waals surface area contributed by atoms with Crippen molar-refractivity contribution < 1.29 is 14.5 Å². The molecule has 0 aliphatic heterocycles. The lowest BCUT2D eigenvalue weighted by Crippen LogP contribution is -2.07. The van der Waals surface area contributed by atoms with Crippen molar-refractivity contribution in [3.63, 3.8) is 0 Å². The monoisotopic (exact) mass is 340 g/mol. The minimum Gasteiger partial charge on any atom is -0.494 e. The first-order valence-electron chi connectivity index (χ1n) is 8.05. The van der Waals surface area contributed by atoms with Crippen LogP contribution in [-0.2, 0) is 4.79 Å². The number of amides is 1. The Balaban J connectivity index is 1.91. The second-order valence-electron chi connectivity index (χ2n) is 5.40. The molecule has 0 aliphatic rings. The quantitative estimate of drug-likeness (QED) is 0.334. The molecule has 0 atom stereocenters. The normalized spacial score (nSPS) is 10.6. The second kappa shape index (κ2) is 9.22. The fourth-order valence-corrected chi connectivity index (χ4v) is 2.06. The van der Waals surface area contributed by atoms with Gasteiger partial charge in [-0.2, -0.15) is 0 Å². The van der Waals surface area contributed by atoms with E-state index in [9.17, 15) is 14.9 Å². The summed E-state index contributed by atoms with van der Waals surface area (Å²) in [4.78, 5) is 22.1. The number of nitrogens with zero attached hydrogens (tertiary/aromatic N) is 1. The number of nitro benzene ring substituents is 1. The third kappa shape index (κ3) is 6.10. The number of carbonyl (C=O) groups excluding carboxylic acids is 1. The van der Waals surface area contributed by atoms with Crippen LogP contribution in [0.3, 0.4) is 0 Å². The van der Waals surface area contributed by atoms with E-state index in [-0.39, 0.29) is 11.6 Å². The molecular formula is C19H20N2O4. The molecule has 0 heterocycles. The molecule has 25 heavy (non-hydrogen) atoms. The summed E-state index contributed by atoms with van der Waals surface area (Å²) in [5.41, 5.74) is 1.17. The molecule has 1 N–H and O–H groups in total. The van der Waals surface area contributed by atoms with Crippen molar-refractivity contribution in [2.75, 3.05) is 11.9 Å². The van der Waals surface area contributed by atoms with Crippen molar-refractivity contribution in [3.05, 3.63) is 70.3 Å². The van der Waals surface area contributed by atoms with Crippen molar-refractivity contribution in [2.24, 2.45) is 0 Å². The van der Waals surface area contributed by atoms with E-state index < -0.39 is 4.92 Å². The van der Waals surface area contributed by atoms with Gasteiger partial charge in [0.25, 0.3) is 5.69 Å². The zero-order valence-corrected chi connectivity index (χ0v) is 14.0. The number of benzene rings is 2. The van der Waals surface area contributed by atoms with E-state index in [1.807, 2.05) is 24.3 Å². The maximum absolute atomic E-state index is 11.9. The first-order chi connectivity index (χ1) is 12.1. The summed E-state index contributed by atoms with van der Waals surface area (Å²) in [6, 6.07) is 13.2. The first kappa shape index (κ1) is 18.2. The van der Waals surface area contributed by atoms with Crippen LogP contribution in [0.2, 0.25) is 0 Å². The standard InChI is InChI=1S/C19H20N2O4/c1-2-3-13-25-18-10-7-15(8-11-18)9-12-19(22)20-16-5-4-6-17(14-16)21(23)24/h4-12,14H,2-3,13H2,1H3,(H,20,22)/b12-9+. The van der Waals surface area contributed by atoms with Gasteiger partial charge in [-0.25, -0.2) is 0 Å². The number of nitro groups is 1. The summed E-state index contributed by atoms with van der Waals surface area (Å²) in [6.45, 7) is 2.80. The number of anilines is 1. The van der Waals surface area contributed by atoms with Crippen LogP contribution in [-0.4, -0.2) is 17.4 Å². The number of rotatable bonds is 8. The Bertz CT molecular complexity index is 754. The SMILES string of the molecule is CCCCOc1ccc(/C=C/C(=O)Nc2cccc([N+](=O)[O-])c2)cc1. The number of carbonyl (C=O) groups is 1. The van der Waals surface area contributed by atoms with Gasteiger partial charge in [-0.3, -0.25) is 14.9 Å². The maximum atomic E-state index is 11.9. The molecule has 0 aromatic heterocycles. The summed E-state index contributed by atoms with van der Waals surface area (Å²) in [6.07, 6.45) is 5.15. The van der Waals surface area contributed by atoms with Gasteiger partial charge >= 0.3 is 0 Å². The third-order valence-corrected chi connectivity index (χ3v) is 3.40. The summed E-state index contributed by atoms with van der Waals surface area (Å²) < 4.78 is 5.58. The van der Waals surface area contributed by atoms with Gasteiger partial charge in [-0.15, -0.1) is 0 Å². The molecule has 1 amide bonds. The second-order valence-corrected chi connectivity index (χ2v) is 5.40. The van der Waals surface area contributed by atoms with Gasteiger partial charge in [0, 0.05) is 23.9 Å². The van der Waals surface area contributed by atoms with Crippen LogP contribution in [0.1, 0.15) is 25.3 Å². The number of non-ortho nitro benzene ring substituents is 1. The van der Waals surface area contributed by atoms with Crippen molar-refractivity contribution >= 4 is 23.4 Å². The molecule has 0 unspecified atom stereocenters. The van der Waals surface area contributed by atoms with Crippen molar-refractivity contribution in [1.29, 1.82) is 0 Å². The van der Waals surface area contributed by atoms with E-state index >= 15 is 0 Å². The van der Waals surface area contributed by atoms with Gasteiger partial charge in [-0.1, -0.05) is 31.5 Å². The third-order valence-electron chi connectivity index (χ3n) is 3.40. The zero-order valence-electron chi connectivity index (χ0n) is 14.0. The molecule has 0 bridgehead atoms. The molecule has 130 valence electrons. The van der Waals surface area contributed by atoms with Gasteiger partial charge in [0.15, 0.2) is 0 Å². The fourth-order valence-electron chi connectivity index (χ4n) is 2.06. The first-order valence-corrected chi connectivity index (χ1v) is 8.05. The van der Waals surface area contributed by atoms with Crippen molar-refractivity contribution in [1.82, 2.24) is 0 Å². The molecule has 0 saturated carbocycles. The highest BCUT2D eigenvalue weighted by atomic mass is 16.6. The summed E-state index contributed by atoms with van der Waals surface area (Å²) >= 11 is 0. The predicted molar refractivity (Wildman–Crippen MR) is 97.6 cm³/mol. The minimum absolute atomic E-state index is 0.0690. The molecule has 6 nitrogen and oxygen atoms in total. The van der Waals surface area contributed by atoms with Crippen LogP contribution < -0.4 is 10.1 Å². The van der Waals surface area contributed by atoms with Crippen molar-refractivity contribution in [3.8, 4) is 5.75 Å². The summed E-state index contributed by atoms with van der Waals surface area (Å²) in [7, 11) is 0. The van der Waals surface area contributed by atoms with Crippen LogP contribution in [0.4, 0.5) is 11.4 Å². The fraction of sp³-hybridized carbons (Fsp3) is 0.211. The summed E-state index contributed by atoms with van der Waals surface area (Å²) in [5.74, 6) is 0.440. The molecule has 0 radical (unpaired) electrons. The molecule has 2 aromatic rings. The van der Waals surface area contributed by atoms with Crippen LogP contribution in [0, 0.1) is 10.1 Å². The van der Waals surface area contributed by atoms with E-state index in [2.05, 4.69) is 12.2 Å². The van der Waals surface area contributed by atoms with Crippen LogP contribution in [0.5, 0.6) is 5.75 Å². The van der Waals surface area contributed by atoms with Gasteiger partial charge in [0.2, 0.25) is 5.91 Å². The topological polar surface area (TPSA) is 81.5 Å². The average molecular weight is 340 g/mol. The number of hydrogen-bond acceptors (Lipinski definition) is 4. The lowest BCUT2D eigenvalue weighted by atomic mass is 10.2. The molecular weight excluding hydrogens is 320 g/mol. The Hall–Kier alpha value is -3.15. The van der Waals surface area contributed by atoms with Crippen LogP contribution >= 0.6 is 0 Å². The average Bonchev–Trinajstić information content (AvgIpc) is 2.61. The highest BCUT2D eigenvalue weighted by molar-refractivity contribution is 6.02. The maximum Gasteiger partial charge on any atom is 0.271 e. The van der Waals surface area contributed by atoms with Crippen molar-refractivity contribution in [2.45, 2.75) is 19.8 Å². The largest absolute Gasteiger partial charge is 0.494 e. The number of nitrogens with one attached hydrogen (secondary N) is 1. The Labute approximate surface area is 146 Å². The smallest absolute Gasteiger partial charge is 0.271 e. The Kier molecular flexibility index (Phi) is 6.71. The molecule has 0 saturated heterocycles. The summed E-state index contributed by atoms with van der Waals surface area (Å²) in [5, 5.41) is 13.3. The highest BCUT2D eigenvalue weighted by Gasteiger charge is 2.06. The molecule has 0 spiro atoms. The van der Waals surface area contributed by atoms with Gasteiger partial charge in [0.1, 0.15) is 5.75 Å². The minimum atomic E-state index is -0.504. The number of unbranched alkanes of at least 4 members (excludes halogenated alkanes) is 1. The molecule has 6 heteroatoms. The lowest BCUT2D eigenvalue weighted by Gasteiger charge is -2.05. The van der Waals surface area contributed by atoms with E-state index in [0.29, 0.717) is 12.3 Å². The Morgan fingerprint density at radius 3 is 2.68 bits per heavy atom. The van der Waals surface area contributed by atoms with Gasteiger partial charge in [0.05, 0.1) is 11.5 Å². The van der Waals surface area contributed by atoms with E-state index in [1.165, 1.54) is 24.3 Å². The number of ether oxygens (including phenoxy) is 1. The lowest BCUT2D eigenvalue weighted by molar-refractivity contribution is -0.384. The zero-order chi connectivity index (χ0) is 18.1. The molecule has 2 rings (SSSR count). The van der Waals surface area contributed by atoms with Gasteiger partial charge in [-0.05, 0) is 36.3 Å². The van der Waals surface area contributed by atoms with Crippen LogP contribution in [0.15, 0.2) is 54.6 Å². The predicted octanol–water partition coefficient (Wildman–Crippen LogP) is 4.43. The number of hydrogen-bond donors (Lipinski definition) is 1. The van der Waals surface area contributed by atoms with Crippen LogP contribution in [0.25, 0.3) is 6.08 Å². The highest BCUT2D eigenvalue weighted by Crippen LogP contribution is 2.17. The molecule has 0 fully saturated rings. The van der Waals surface area contributed by atoms with E-state index in [4.69, 9.17) is 4.74 Å².